The highest BCUT2D eigenvalue weighted by Crippen LogP contribution is 2.42. The first-order valence-corrected chi connectivity index (χ1v) is 9.76. The Balaban J connectivity index is 1.88. The van der Waals surface area contributed by atoms with Crippen LogP contribution in [0.1, 0.15) is 15.9 Å². The van der Waals surface area contributed by atoms with Gasteiger partial charge in [0.1, 0.15) is 6.61 Å². The van der Waals surface area contributed by atoms with E-state index >= 15 is 0 Å². The molecule has 1 aliphatic rings. The molecule has 1 aliphatic heterocycles. The molecule has 6 heteroatoms. The monoisotopic (exact) mass is 407 g/mol. The molecule has 4 rings (SSSR count). The molecule has 156 valence electrons. The number of hydrogen-bond acceptors (Lipinski definition) is 6. The summed E-state index contributed by atoms with van der Waals surface area (Å²) in [7, 11) is 6.94. The summed E-state index contributed by atoms with van der Waals surface area (Å²) in [5.74, 6) is 0.975. The lowest BCUT2D eigenvalue weighted by molar-refractivity contribution is 0.0535. The van der Waals surface area contributed by atoms with E-state index < -0.39 is 0 Å². The third kappa shape index (κ3) is 3.44. The summed E-state index contributed by atoms with van der Waals surface area (Å²) in [6, 6.07) is 14.0. The van der Waals surface area contributed by atoms with Crippen LogP contribution in [-0.2, 0) is 16.1 Å². The lowest BCUT2D eigenvalue weighted by atomic mass is 9.90. The van der Waals surface area contributed by atoms with Gasteiger partial charge in [-0.15, -0.1) is 0 Å². The third-order valence-corrected chi connectivity index (χ3v) is 5.52. The van der Waals surface area contributed by atoms with Crippen LogP contribution in [0.15, 0.2) is 42.5 Å². The Morgan fingerprint density at radius 3 is 2.33 bits per heavy atom. The van der Waals surface area contributed by atoms with Crippen molar-refractivity contribution >= 4 is 22.4 Å². The van der Waals surface area contributed by atoms with E-state index in [1.54, 1.807) is 21.3 Å². The number of ether oxygens (including phenoxy) is 4. The number of benzene rings is 3. The van der Waals surface area contributed by atoms with Crippen LogP contribution in [-0.4, -0.2) is 47.5 Å². The quantitative estimate of drug-likeness (QED) is 0.545. The van der Waals surface area contributed by atoms with Gasteiger partial charge < -0.3 is 23.8 Å². The van der Waals surface area contributed by atoms with Crippen molar-refractivity contribution in [2.75, 3.05) is 46.4 Å². The minimum absolute atomic E-state index is 0.281. The minimum Gasteiger partial charge on any atom is -0.493 e. The summed E-state index contributed by atoms with van der Waals surface area (Å²) in [5.41, 5.74) is 4.39. The van der Waals surface area contributed by atoms with E-state index in [2.05, 4.69) is 17.0 Å². The summed E-state index contributed by atoms with van der Waals surface area (Å²) >= 11 is 0. The van der Waals surface area contributed by atoms with Crippen molar-refractivity contribution in [1.29, 1.82) is 0 Å². The number of rotatable bonds is 7. The Hall–Kier alpha value is -3.25. The fraction of sp³-hybridized carbons (Fsp3) is 0.292. The van der Waals surface area contributed by atoms with E-state index in [1.807, 2.05) is 37.4 Å². The van der Waals surface area contributed by atoms with Gasteiger partial charge in [0.05, 0.1) is 26.4 Å². The average Bonchev–Trinajstić information content (AvgIpc) is 3.15. The average molecular weight is 407 g/mol. The highest BCUT2D eigenvalue weighted by Gasteiger charge is 2.28. The molecule has 3 aromatic carbocycles. The first kappa shape index (κ1) is 20.0. The maximum absolute atomic E-state index is 12.6. The molecule has 30 heavy (non-hydrogen) atoms. The topological polar surface area (TPSA) is 57.2 Å². The van der Waals surface area contributed by atoms with Crippen LogP contribution in [0.2, 0.25) is 0 Å². The van der Waals surface area contributed by atoms with Crippen molar-refractivity contribution in [2.45, 2.75) is 6.61 Å². The van der Waals surface area contributed by atoms with E-state index in [4.69, 9.17) is 18.9 Å². The summed E-state index contributed by atoms with van der Waals surface area (Å²) in [4.78, 5) is 14.7. The Labute approximate surface area is 175 Å². The van der Waals surface area contributed by atoms with Crippen molar-refractivity contribution in [1.82, 2.24) is 0 Å². The van der Waals surface area contributed by atoms with E-state index in [0.717, 1.165) is 39.7 Å². The number of likely N-dealkylation sites (N-methyl/N-ethyl adjacent to an activating group) is 1. The molecule has 0 fully saturated rings. The molecule has 3 aromatic rings. The zero-order chi connectivity index (χ0) is 21.3. The fourth-order valence-corrected chi connectivity index (χ4v) is 3.89. The first-order chi connectivity index (χ1) is 14.6. The Morgan fingerprint density at radius 1 is 0.967 bits per heavy atom. The van der Waals surface area contributed by atoms with Crippen LogP contribution in [0.5, 0.6) is 11.5 Å². The molecular weight excluding hydrogens is 382 g/mol. The molecule has 0 atom stereocenters. The third-order valence-electron chi connectivity index (χ3n) is 5.52. The van der Waals surface area contributed by atoms with Gasteiger partial charge in [-0.3, -0.25) is 0 Å². The van der Waals surface area contributed by atoms with E-state index in [9.17, 15) is 4.79 Å². The highest BCUT2D eigenvalue weighted by atomic mass is 16.5. The normalized spacial score (nSPS) is 12.6. The molecule has 0 bridgehead atoms. The summed E-state index contributed by atoms with van der Waals surface area (Å²) < 4.78 is 21.5. The van der Waals surface area contributed by atoms with Crippen LogP contribution in [0, 0.1) is 0 Å². The highest BCUT2D eigenvalue weighted by molar-refractivity contribution is 6.11. The smallest absolute Gasteiger partial charge is 0.339 e. The molecule has 0 spiro atoms. The van der Waals surface area contributed by atoms with Crippen molar-refractivity contribution in [3.05, 3.63) is 53.6 Å². The Kier molecular flexibility index (Phi) is 5.50. The molecule has 0 saturated heterocycles. The number of nitrogens with zero attached hydrogens (tertiary/aromatic N) is 1. The number of cyclic esters (lactones) is 1. The Bertz CT molecular complexity index is 1090. The predicted octanol–water partition coefficient (Wildman–Crippen LogP) is 4.28. The molecule has 0 amide bonds. The molecule has 0 aliphatic carbocycles. The number of carbonyl (C=O) groups excluding carboxylic acids is 1. The van der Waals surface area contributed by atoms with Gasteiger partial charge in [-0.2, -0.15) is 0 Å². The maximum Gasteiger partial charge on any atom is 0.339 e. The van der Waals surface area contributed by atoms with Gasteiger partial charge in [0.2, 0.25) is 0 Å². The number of esters is 1. The second-order valence-electron chi connectivity index (χ2n) is 7.25. The van der Waals surface area contributed by atoms with Crippen LogP contribution >= 0.6 is 0 Å². The van der Waals surface area contributed by atoms with Crippen molar-refractivity contribution in [2.24, 2.45) is 0 Å². The molecule has 1 heterocycles. The molecular formula is C24H25NO5. The zero-order valence-electron chi connectivity index (χ0n) is 17.7. The minimum atomic E-state index is -0.294. The maximum atomic E-state index is 12.6. The van der Waals surface area contributed by atoms with Gasteiger partial charge in [0, 0.05) is 37.5 Å². The predicted molar refractivity (Wildman–Crippen MR) is 117 cm³/mol. The lowest BCUT2D eigenvalue weighted by Gasteiger charge is -2.20. The first-order valence-electron chi connectivity index (χ1n) is 9.76. The molecule has 0 unspecified atom stereocenters. The molecule has 0 radical (unpaired) electrons. The van der Waals surface area contributed by atoms with Gasteiger partial charge in [0.25, 0.3) is 0 Å². The fourth-order valence-electron chi connectivity index (χ4n) is 3.89. The molecule has 0 aromatic heterocycles. The number of anilines is 1. The van der Waals surface area contributed by atoms with Gasteiger partial charge >= 0.3 is 5.97 Å². The molecule has 0 N–H and O–H groups in total. The standard InChI is InChI=1S/C24H25NO5/c1-25(9-10-27-2)18-7-5-15(6-8-18)22-19-13-21(29-4)20(28-3)12-16(19)11-17-14-30-24(26)23(17)22/h5-8,11-13H,9-10,14H2,1-4H3. The largest absolute Gasteiger partial charge is 0.493 e. The second kappa shape index (κ2) is 8.24. The van der Waals surface area contributed by atoms with E-state index in [1.165, 1.54) is 0 Å². The zero-order valence-corrected chi connectivity index (χ0v) is 17.7. The second-order valence-corrected chi connectivity index (χ2v) is 7.25. The lowest BCUT2D eigenvalue weighted by Crippen LogP contribution is -2.21. The molecule has 0 saturated carbocycles. The van der Waals surface area contributed by atoms with Crippen LogP contribution in [0.25, 0.3) is 21.9 Å². The molecule has 6 nitrogen and oxygen atoms in total. The van der Waals surface area contributed by atoms with Crippen molar-refractivity contribution in [3.8, 4) is 22.6 Å². The SMILES string of the molecule is COCCN(C)c1ccc(-c2c3c(cc4cc(OC)c(OC)cc24)COC3=O)cc1. The summed E-state index contributed by atoms with van der Waals surface area (Å²) in [5, 5.41) is 1.90. The Morgan fingerprint density at radius 2 is 1.67 bits per heavy atom. The van der Waals surface area contributed by atoms with Crippen molar-refractivity contribution in [3.63, 3.8) is 0 Å². The van der Waals surface area contributed by atoms with Crippen molar-refractivity contribution < 1.29 is 23.7 Å². The van der Waals surface area contributed by atoms with Gasteiger partial charge in [0.15, 0.2) is 11.5 Å². The number of fused-ring (bicyclic) bond motifs is 2. The number of methoxy groups -OCH3 is 3. The van der Waals surface area contributed by atoms with Crippen LogP contribution < -0.4 is 14.4 Å². The number of hydrogen-bond donors (Lipinski definition) is 0. The van der Waals surface area contributed by atoms with Gasteiger partial charge in [-0.05, 0) is 46.7 Å². The van der Waals surface area contributed by atoms with Gasteiger partial charge in [-0.25, -0.2) is 4.79 Å². The van der Waals surface area contributed by atoms with E-state index in [-0.39, 0.29) is 12.6 Å². The summed E-state index contributed by atoms with van der Waals surface area (Å²) in [6.07, 6.45) is 0. The van der Waals surface area contributed by atoms with Crippen LogP contribution in [0.3, 0.4) is 0 Å². The van der Waals surface area contributed by atoms with Crippen LogP contribution in [0.4, 0.5) is 5.69 Å². The van der Waals surface area contributed by atoms with Gasteiger partial charge in [-0.1, -0.05) is 12.1 Å². The van der Waals surface area contributed by atoms with E-state index in [0.29, 0.717) is 23.7 Å². The number of carbonyl (C=O) groups is 1. The summed E-state index contributed by atoms with van der Waals surface area (Å²) in [6.45, 7) is 1.73.